The molecule has 0 unspecified atom stereocenters. The summed E-state index contributed by atoms with van der Waals surface area (Å²) in [6.45, 7) is 2.09. The number of ether oxygens (including phenoxy) is 1. The molecule has 0 saturated carbocycles. The van der Waals surface area contributed by atoms with Crippen LogP contribution in [0.3, 0.4) is 0 Å². The van der Waals surface area contributed by atoms with Crippen LogP contribution >= 0.6 is 0 Å². The van der Waals surface area contributed by atoms with Crippen LogP contribution in [-0.2, 0) is 16.0 Å². The Bertz CT molecular complexity index is 478. The van der Waals surface area contributed by atoms with Crippen LogP contribution in [0.2, 0.25) is 0 Å². The first-order valence-electron chi connectivity index (χ1n) is 7.32. The van der Waals surface area contributed by atoms with E-state index in [9.17, 15) is 9.59 Å². The first kappa shape index (κ1) is 15.5. The van der Waals surface area contributed by atoms with Gasteiger partial charge in [0.15, 0.2) is 0 Å². The van der Waals surface area contributed by atoms with Crippen molar-refractivity contribution in [1.82, 2.24) is 5.32 Å². The van der Waals surface area contributed by atoms with Crippen LogP contribution in [0.4, 0.5) is 0 Å². The van der Waals surface area contributed by atoms with Gasteiger partial charge in [-0.25, -0.2) is 4.79 Å². The van der Waals surface area contributed by atoms with E-state index in [0.717, 1.165) is 31.6 Å². The Hall–Kier alpha value is -1.88. The van der Waals surface area contributed by atoms with Crippen LogP contribution in [0.1, 0.15) is 35.2 Å². The molecule has 0 aromatic heterocycles. The molecular formula is C16H21NO4. The van der Waals surface area contributed by atoms with Crippen molar-refractivity contribution in [2.45, 2.75) is 25.7 Å². The van der Waals surface area contributed by atoms with Gasteiger partial charge in [0.25, 0.3) is 0 Å². The summed E-state index contributed by atoms with van der Waals surface area (Å²) in [5.41, 5.74) is 1.30. The second kappa shape index (κ2) is 7.78. The lowest BCUT2D eigenvalue weighted by Gasteiger charge is -2.21. The van der Waals surface area contributed by atoms with Crippen LogP contribution in [0.25, 0.3) is 0 Å². The van der Waals surface area contributed by atoms with Crippen molar-refractivity contribution in [1.29, 1.82) is 0 Å². The Morgan fingerprint density at radius 1 is 1.19 bits per heavy atom. The number of aromatic carboxylic acids is 1. The molecule has 1 aromatic rings. The Balaban J connectivity index is 1.68. The standard InChI is InChI=1S/C16H21NO4/c18-15(11-13-6-9-21-10-7-13)17-8-5-12-1-3-14(4-2-12)16(19)20/h1-4,13H,5-11H2,(H,17,18)(H,19,20). The summed E-state index contributed by atoms with van der Waals surface area (Å²) in [6.07, 6.45) is 3.20. The van der Waals surface area contributed by atoms with E-state index in [0.29, 0.717) is 25.3 Å². The number of hydrogen-bond acceptors (Lipinski definition) is 3. The van der Waals surface area contributed by atoms with E-state index in [1.807, 2.05) is 0 Å². The summed E-state index contributed by atoms with van der Waals surface area (Å²) < 4.78 is 5.27. The summed E-state index contributed by atoms with van der Waals surface area (Å²) in [7, 11) is 0. The highest BCUT2D eigenvalue weighted by Crippen LogP contribution is 2.17. The molecule has 0 aliphatic carbocycles. The third-order valence-corrected chi connectivity index (χ3v) is 3.75. The smallest absolute Gasteiger partial charge is 0.335 e. The van der Waals surface area contributed by atoms with Crippen LogP contribution in [0, 0.1) is 5.92 Å². The fourth-order valence-corrected chi connectivity index (χ4v) is 2.45. The average Bonchev–Trinajstić information content (AvgIpc) is 2.49. The SMILES string of the molecule is O=C(CC1CCOCC1)NCCc1ccc(C(=O)O)cc1. The molecule has 5 heteroatoms. The fraction of sp³-hybridized carbons (Fsp3) is 0.500. The van der Waals surface area contributed by atoms with Gasteiger partial charge in [0.05, 0.1) is 5.56 Å². The lowest BCUT2D eigenvalue weighted by molar-refractivity contribution is -0.122. The Labute approximate surface area is 124 Å². The zero-order chi connectivity index (χ0) is 15.1. The third kappa shape index (κ3) is 5.19. The van der Waals surface area contributed by atoms with E-state index in [-0.39, 0.29) is 11.5 Å². The Morgan fingerprint density at radius 2 is 1.86 bits per heavy atom. The molecule has 1 aliphatic rings. The monoisotopic (exact) mass is 291 g/mol. The Kier molecular flexibility index (Phi) is 5.75. The molecule has 0 radical (unpaired) electrons. The van der Waals surface area contributed by atoms with Crippen LogP contribution in [-0.4, -0.2) is 36.7 Å². The molecule has 114 valence electrons. The summed E-state index contributed by atoms with van der Waals surface area (Å²) in [6, 6.07) is 6.74. The summed E-state index contributed by atoms with van der Waals surface area (Å²) in [5, 5.41) is 11.7. The lowest BCUT2D eigenvalue weighted by Crippen LogP contribution is -2.29. The largest absolute Gasteiger partial charge is 0.478 e. The number of carboxylic acid groups (broad SMARTS) is 1. The zero-order valence-electron chi connectivity index (χ0n) is 12.0. The number of carbonyl (C=O) groups excluding carboxylic acids is 1. The van der Waals surface area contributed by atoms with Crippen molar-refractivity contribution in [3.8, 4) is 0 Å². The quantitative estimate of drug-likeness (QED) is 0.839. The first-order valence-corrected chi connectivity index (χ1v) is 7.32. The van der Waals surface area contributed by atoms with Gasteiger partial charge in [-0.15, -0.1) is 0 Å². The van der Waals surface area contributed by atoms with Crippen molar-refractivity contribution in [3.05, 3.63) is 35.4 Å². The van der Waals surface area contributed by atoms with E-state index in [1.54, 1.807) is 24.3 Å². The molecule has 0 bridgehead atoms. The first-order chi connectivity index (χ1) is 10.1. The lowest BCUT2D eigenvalue weighted by atomic mass is 9.96. The van der Waals surface area contributed by atoms with Crippen LogP contribution in [0.5, 0.6) is 0 Å². The van der Waals surface area contributed by atoms with Crippen molar-refractivity contribution in [2.24, 2.45) is 5.92 Å². The summed E-state index contributed by atoms with van der Waals surface area (Å²) in [5.74, 6) is -0.399. The van der Waals surface area contributed by atoms with E-state index in [2.05, 4.69) is 5.32 Å². The third-order valence-electron chi connectivity index (χ3n) is 3.75. The minimum absolute atomic E-state index is 0.0871. The average molecular weight is 291 g/mol. The molecule has 1 amide bonds. The van der Waals surface area contributed by atoms with Gasteiger partial charge in [-0.05, 0) is 42.9 Å². The molecule has 1 fully saturated rings. The van der Waals surface area contributed by atoms with E-state index in [4.69, 9.17) is 9.84 Å². The fourth-order valence-electron chi connectivity index (χ4n) is 2.45. The molecule has 0 atom stereocenters. The van der Waals surface area contributed by atoms with Gasteiger partial charge in [-0.3, -0.25) is 4.79 Å². The van der Waals surface area contributed by atoms with Gasteiger partial charge in [0.2, 0.25) is 5.91 Å². The number of nitrogens with one attached hydrogen (secondary N) is 1. The molecule has 1 aliphatic heterocycles. The maximum Gasteiger partial charge on any atom is 0.335 e. The van der Waals surface area contributed by atoms with Gasteiger partial charge >= 0.3 is 5.97 Å². The van der Waals surface area contributed by atoms with E-state index >= 15 is 0 Å². The molecular weight excluding hydrogens is 270 g/mol. The van der Waals surface area contributed by atoms with Gasteiger partial charge in [-0.2, -0.15) is 0 Å². The number of hydrogen-bond donors (Lipinski definition) is 2. The van der Waals surface area contributed by atoms with E-state index < -0.39 is 5.97 Å². The Morgan fingerprint density at radius 3 is 2.48 bits per heavy atom. The van der Waals surface area contributed by atoms with Gasteiger partial charge in [0.1, 0.15) is 0 Å². The van der Waals surface area contributed by atoms with Gasteiger partial charge in [-0.1, -0.05) is 12.1 Å². The van der Waals surface area contributed by atoms with Crippen molar-refractivity contribution >= 4 is 11.9 Å². The molecule has 2 N–H and O–H groups in total. The summed E-state index contributed by atoms with van der Waals surface area (Å²) in [4.78, 5) is 22.6. The molecule has 21 heavy (non-hydrogen) atoms. The molecule has 5 nitrogen and oxygen atoms in total. The zero-order valence-corrected chi connectivity index (χ0v) is 12.0. The molecule has 1 heterocycles. The molecule has 1 aromatic carbocycles. The predicted molar refractivity (Wildman–Crippen MR) is 78.3 cm³/mol. The van der Waals surface area contributed by atoms with Gasteiger partial charge < -0.3 is 15.2 Å². The molecule has 2 rings (SSSR count). The molecule has 0 spiro atoms. The predicted octanol–water partition coefficient (Wildman–Crippen LogP) is 1.86. The highest BCUT2D eigenvalue weighted by atomic mass is 16.5. The van der Waals surface area contributed by atoms with Crippen LogP contribution in [0.15, 0.2) is 24.3 Å². The topological polar surface area (TPSA) is 75.6 Å². The highest BCUT2D eigenvalue weighted by Gasteiger charge is 2.16. The second-order valence-electron chi connectivity index (χ2n) is 5.36. The number of amides is 1. The maximum atomic E-state index is 11.8. The second-order valence-corrected chi connectivity index (χ2v) is 5.36. The maximum absolute atomic E-state index is 11.8. The summed E-state index contributed by atoms with van der Waals surface area (Å²) >= 11 is 0. The minimum Gasteiger partial charge on any atom is -0.478 e. The van der Waals surface area contributed by atoms with E-state index in [1.165, 1.54) is 0 Å². The number of carbonyl (C=O) groups is 2. The number of carboxylic acids is 1. The number of rotatable bonds is 6. The number of benzene rings is 1. The minimum atomic E-state index is -0.925. The van der Waals surface area contributed by atoms with Crippen molar-refractivity contribution in [2.75, 3.05) is 19.8 Å². The van der Waals surface area contributed by atoms with Gasteiger partial charge in [0, 0.05) is 26.2 Å². The van der Waals surface area contributed by atoms with Crippen molar-refractivity contribution < 1.29 is 19.4 Å². The molecule has 1 saturated heterocycles. The highest BCUT2D eigenvalue weighted by molar-refractivity contribution is 5.87. The van der Waals surface area contributed by atoms with Crippen molar-refractivity contribution in [3.63, 3.8) is 0 Å². The normalized spacial score (nSPS) is 15.6. The van der Waals surface area contributed by atoms with Crippen LogP contribution < -0.4 is 5.32 Å².